The van der Waals surface area contributed by atoms with E-state index in [0.29, 0.717) is 6.41 Å². The fraction of sp³-hybridized carbons (Fsp3) is 0.364. The molecule has 1 rings (SSSR count). The normalized spacial score (nSPS) is 9.79. The van der Waals surface area contributed by atoms with Crippen molar-refractivity contribution in [1.29, 1.82) is 0 Å². The molecule has 0 bridgehead atoms. The first kappa shape index (κ1) is 10.7. The van der Waals surface area contributed by atoms with E-state index >= 15 is 0 Å². The van der Waals surface area contributed by atoms with Crippen molar-refractivity contribution >= 4 is 12.1 Å². The van der Waals surface area contributed by atoms with Crippen molar-refractivity contribution < 1.29 is 4.79 Å². The lowest BCUT2D eigenvalue weighted by molar-refractivity contribution is -0.105. The maximum Gasteiger partial charge on any atom is 0.211 e. The number of rotatable bonds is 6. The maximum atomic E-state index is 10.1. The number of hydrogen-bond acceptors (Lipinski definition) is 2. The summed E-state index contributed by atoms with van der Waals surface area (Å²) in [5.74, 6) is 0. The van der Waals surface area contributed by atoms with Gasteiger partial charge in [-0.15, -0.1) is 0 Å². The Balaban J connectivity index is 2.42. The Hall–Kier alpha value is -1.35. The standard InChI is InChI=1S/C11H16N2O/c1-2-12-8-7-10-3-5-11(6-4-10)13-9-14/h3-6,9,12H,2,7-8H2,1H3,(H,13,14). The third-order valence-electron chi connectivity index (χ3n) is 2.02. The number of likely N-dealkylation sites (N-methyl/N-ethyl adjacent to an activating group) is 1. The topological polar surface area (TPSA) is 41.1 Å². The van der Waals surface area contributed by atoms with Crippen LogP contribution in [0.2, 0.25) is 0 Å². The van der Waals surface area contributed by atoms with Crippen LogP contribution in [0.4, 0.5) is 5.69 Å². The highest BCUT2D eigenvalue weighted by atomic mass is 16.1. The Labute approximate surface area is 84.5 Å². The zero-order valence-electron chi connectivity index (χ0n) is 8.42. The summed E-state index contributed by atoms with van der Waals surface area (Å²) in [6, 6.07) is 7.89. The summed E-state index contributed by atoms with van der Waals surface area (Å²) < 4.78 is 0. The second kappa shape index (κ2) is 6.16. The zero-order chi connectivity index (χ0) is 10.2. The zero-order valence-corrected chi connectivity index (χ0v) is 8.42. The van der Waals surface area contributed by atoms with Gasteiger partial charge in [0.25, 0.3) is 0 Å². The van der Waals surface area contributed by atoms with Crippen LogP contribution in [0, 0.1) is 0 Å². The minimum Gasteiger partial charge on any atom is -0.329 e. The predicted octanol–water partition coefficient (Wildman–Crippen LogP) is 1.41. The quantitative estimate of drug-likeness (QED) is 0.528. The summed E-state index contributed by atoms with van der Waals surface area (Å²) in [4.78, 5) is 10.1. The molecule has 3 heteroatoms. The molecule has 1 aromatic rings. The van der Waals surface area contributed by atoms with Crippen molar-refractivity contribution in [3.63, 3.8) is 0 Å². The molecule has 0 heterocycles. The van der Waals surface area contributed by atoms with E-state index in [2.05, 4.69) is 17.6 Å². The van der Waals surface area contributed by atoms with Gasteiger partial charge in [-0.2, -0.15) is 0 Å². The molecule has 0 aliphatic heterocycles. The van der Waals surface area contributed by atoms with Gasteiger partial charge in [-0.25, -0.2) is 0 Å². The molecule has 1 aromatic carbocycles. The Morgan fingerprint density at radius 3 is 2.57 bits per heavy atom. The third kappa shape index (κ3) is 3.58. The molecule has 0 saturated heterocycles. The number of anilines is 1. The van der Waals surface area contributed by atoms with E-state index in [0.717, 1.165) is 25.2 Å². The van der Waals surface area contributed by atoms with Crippen LogP contribution in [0.25, 0.3) is 0 Å². The average molecular weight is 192 g/mol. The van der Waals surface area contributed by atoms with Crippen LogP contribution in [0.5, 0.6) is 0 Å². The Morgan fingerprint density at radius 1 is 1.29 bits per heavy atom. The fourth-order valence-electron chi connectivity index (χ4n) is 1.25. The van der Waals surface area contributed by atoms with Crippen LogP contribution < -0.4 is 10.6 Å². The molecule has 0 fully saturated rings. The van der Waals surface area contributed by atoms with Crippen LogP contribution in [0.3, 0.4) is 0 Å². The highest BCUT2D eigenvalue weighted by Crippen LogP contribution is 2.08. The summed E-state index contributed by atoms with van der Waals surface area (Å²) in [6.07, 6.45) is 1.71. The predicted molar refractivity (Wildman–Crippen MR) is 58.4 cm³/mol. The van der Waals surface area contributed by atoms with Crippen LogP contribution in [0.1, 0.15) is 12.5 Å². The maximum absolute atomic E-state index is 10.1. The molecule has 0 aliphatic carbocycles. The number of benzene rings is 1. The molecule has 1 amide bonds. The van der Waals surface area contributed by atoms with Gasteiger partial charge in [0.1, 0.15) is 0 Å². The number of nitrogens with one attached hydrogen (secondary N) is 2. The minimum absolute atomic E-state index is 0.688. The van der Waals surface area contributed by atoms with Gasteiger partial charge in [0.05, 0.1) is 0 Å². The lowest BCUT2D eigenvalue weighted by atomic mass is 10.1. The van der Waals surface area contributed by atoms with Crippen LogP contribution in [0.15, 0.2) is 24.3 Å². The third-order valence-corrected chi connectivity index (χ3v) is 2.02. The Kier molecular flexibility index (Phi) is 4.72. The molecule has 0 aromatic heterocycles. The molecule has 0 radical (unpaired) electrons. The summed E-state index contributed by atoms with van der Waals surface area (Å²) in [6.45, 7) is 4.10. The molecule has 0 unspecified atom stereocenters. The Morgan fingerprint density at radius 2 is 2.00 bits per heavy atom. The Bertz CT molecular complexity index is 269. The molecule has 76 valence electrons. The molecular weight excluding hydrogens is 176 g/mol. The van der Waals surface area contributed by atoms with Crippen molar-refractivity contribution in [3.8, 4) is 0 Å². The molecule has 0 saturated carbocycles. The number of amides is 1. The number of carbonyl (C=O) groups is 1. The lowest BCUT2D eigenvalue weighted by Crippen LogP contribution is -2.15. The highest BCUT2D eigenvalue weighted by Gasteiger charge is 1.93. The SMILES string of the molecule is CCNCCc1ccc(NC=O)cc1. The summed E-state index contributed by atoms with van der Waals surface area (Å²) in [5, 5.41) is 5.87. The first-order chi connectivity index (χ1) is 6.86. The van der Waals surface area contributed by atoms with Gasteiger partial charge >= 0.3 is 0 Å². The van der Waals surface area contributed by atoms with Gasteiger partial charge < -0.3 is 10.6 Å². The van der Waals surface area contributed by atoms with Crippen molar-refractivity contribution in [3.05, 3.63) is 29.8 Å². The first-order valence-electron chi connectivity index (χ1n) is 4.86. The van der Waals surface area contributed by atoms with E-state index in [4.69, 9.17) is 0 Å². The summed E-state index contributed by atoms with van der Waals surface area (Å²) in [7, 11) is 0. The minimum atomic E-state index is 0.688. The molecule has 0 atom stereocenters. The van der Waals surface area contributed by atoms with E-state index in [-0.39, 0.29) is 0 Å². The average Bonchev–Trinajstić information content (AvgIpc) is 2.21. The van der Waals surface area contributed by atoms with E-state index in [1.165, 1.54) is 5.56 Å². The van der Waals surface area contributed by atoms with Crippen molar-refractivity contribution in [2.75, 3.05) is 18.4 Å². The van der Waals surface area contributed by atoms with Gasteiger partial charge in [-0.1, -0.05) is 19.1 Å². The molecule has 0 aliphatic rings. The number of hydrogen-bond donors (Lipinski definition) is 2. The van der Waals surface area contributed by atoms with Crippen molar-refractivity contribution in [1.82, 2.24) is 5.32 Å². The molecule has 2 N–H and O–H groups in total. The van der Waals surface area contributed by atoms with Gasteiger partial charge in [-0.3, -0.25) is 4.79 Å². The monoisotopic (exact) mass is 192 g/mol. The molecule has 3 nitrogen and oxygen atoms in total. The first-order valence-corrected chi connectivity index (χ1v) is 4.86. The molecular formula is C11H16N2O. The lowest BCUT2D eigenvalue weighted by Gasteiger charge is -2.03. The van der Waals surface area contributed by atoms with Crippen LogP contribution >= 0.6 is 0 Å². The van der Waals surface area contributed by atoms with Crippen LogP contribution in [-0.2, 0) is 11.2 Å². The van der Waals surface area contributed by atoms with E-state index in [9.17, 15) is 4.79 Å². The van der Waals surface area contributed by atoms with E-state index < -0.39 is 0 Å². The molecule has 14 heavy (non-hydrogen) atoms. The van der Waals surface area contributed by atoms with E-state index in [1.54, 1.807) is 0 Å². The van der Waals surface area contributed by atoms with Gasteiger partial charge in [0.2, 0.25) is 6.41 Å². The van der Waals surface area contributed by atoms with E-state index in [1.807, 2.05) is 24.3 Å². The molecule has 0 spiro atoms. The number of carbonyl (C=O) groups excluding carboxylic acids is 1. The van der Waals surface area contributed by atoms with Gasteiger partial charge in [-0.05, 0) is 37.2 Å². The van der Waals surface area contributed by atoms with Gasteiger partial charge in [0, 0.05) is 5.69 Å². The second-order valence-corrected chi connectivity index (χ2v) is 3.06. The second-order valence-electron chi connectivity index (χ2n) is 3.06. The smallest absolute Gasteiger partial charge is 0.211 e. The van der Waals surface area contributed by atoms with Gasteiger partial charge in [0.15, 0.2) is 0 Å². The fourth-order valence-corrected chi connectivity index (χ4v) is 1.25. The largest absolute Gasteiger partial charge is 0.329 e. The summed E-state index contributed by atoms with van der Waals surface area (Å²) in [5.41, 5.74) is 2.12. The van der Waals surface area contributed by atoms with Crippen molar-refractivity contribution in [2.45, 2.75) is 13.3 Å². The highest BCUT2D eigenvalue weighted by molar-refractivity contribution is 5.70. The summed E-state index contributed by atoms with van der Waals surface area (Å²) >= 11 is 0. The van der Waals surface area contributed by atoms with Crippen molar-refractivity contribution in [2.24, 2.45) is 0 Å². The van der Waals surface area contributed by atoms with Crippen LogP contribution in [-0.4, -0.2) is 19.5 Å².